The van der Waals surface area contributed by atoms with Crippen molar-refractivity contribution in [2.45, 2.75) is 57.3 Å². The quantitative estimate of drug-likeness (QED) is 0.230. The Hall–Kier alpha value is -1.45. The Bertz CT molecular complexity index is 718. The Morgan fingerprint density at radius 2 is 1.87 bits per heavy atom. The molecule has 1 saturated heterocycles. The molecule has 1 aromatic carbocycles. The number of nitrogens with zero attached hydrogens (tertiary/aromatic N) is 2. The van der Waals surface area contributed by atoms with Gasteiger partial charge in [0, 0.05) is 43.6 Å². The van der Waals surface area contributed by atoms with Crippen LogP contribution in [0.3, 0.4) is 0 Å². The fourth-order valence-electron chi connectivity index (χ4n) is 4.53. The van der Waals surface area contributed by atoms with Crippen molar-refractivity contribution < 1.29 is 13.6 Å². The summed E-state index contributed by atoms with van der Waals surface area (Å²) in [4.78, 5) is 18.3. The number of likely N-dealkylation sites (tertiary alicyclic amines) is 1. The molecule has 30 heavy (non-hydrogen) atoms. The van der Waals surface area contributed by atoms with Gasteiger partial charge in [-0.3, -0.25) is 9.79 Å². The van der Waals surface area contributed by atoms with Crippen molar-refractivity contribution in [2.24, 2.45) is 4.99 Å². The first-order valence-electron chi connectivity index (χ1n) is 10.8. The third-order valence-electron chi connectivity index (χ3n) is 6.01. The van der Waals surface area contributed by atoms with Crippen molar-refractivity contribution in [1.82, 2.24) is 15.5 Å². The minimum Gasteiger partial charge on any atom is -0.357 e. The number of hydrogen-bond donors (Lipinski definition) is 2. The molecule has 1 aliphatic heterocycles. The van der Waals surface area contributed by atoms with E-state index in [9.17, 15) is 13.6 Å². The van der Waals surface area contributed by atoms with Crippen molar-refractivity contribution >= 4 is 35.8 Å². The van der Waals surface area contributed by atoms with E-state index < -0.39 is 17.0 Å². The molecule has 1 saturated carbocycles. The SMILES string of the molecule is CCNC(=NCC1(c2c(F)cccc2F)CCCC1)NCCCN1CCCC1=O.I. The van der Waals surface area contributed by atoms with Gasteiger partial charge in [-0.25, -0.2) is 8.78 Å². The summed E-state index contributed by atoms with van der Waals surface area (Å²) in [6.07, 6.45) is 5.84. The number of amides is 1. The summed E-state index contributed by atoms with van der Waals surface area (Å²) >= 11 is 0. The first kappa shape index (κ1) is 24.8. The van der Waals surface area contributed by atoms with E-state index in [0.717, 1.165) is 51.6 Å². The Kier molecular flexibility index (Phi) is 9.77. The molecule has 1 aliphatic carbocycles. The third-order valence-corrected chi connectivity index (χ3v) is 6.01. The lowest BCUT2D eigenvalue weighted by atomic mass is 9.78. The fourth-order valence-corrected chi connectivity index (χ4v) is 4.53. The van der Waals surface area contributed by atoms with Gasteiger partial charge >= 0.3 is 0 Å². The molecule has 0 bridgehead atoms. The van der Waals surface area contributed by atoms with E-state index in [1.54, 1.807) is 0 Å². The molecule has 2 N–H and O–H groups in total. The Balaban J connectivity index is 0.00000320. The predicted octanol–water partition coefficient (Wildman–Crippen LogP) is 3.96. The molecular weight excluding hydrogens is 501 g/mol. The molecule has 0 atom stereocenters. The summed E-state index contributed by atoms with van der Waals surface area (Å²) in [6.45, 7) is 5.33. The standard InChI is InChI=1S/C22H32F2N4O.HI/c1-2-25-21(26-13-7-15-28-14-6-10-19(28)29)27-16-22(11-3-4-12-22)20-17(23)8-5-9-18(20)24;/h5,8-9H,2-4,6-7,10-16H2,1H3,(H2,25,26,27);1H. The highest BCUT2D eigenvalue weighted by Gasteiger charge is 2.39. The molecule has 3 rings (SSSR count). The topological polar surface area (TPSA) is 56.7 Å². The van der Waals surface area contributed by atoms with E-state index >= 15 is 0 Å². The Morgan fingerprint density at radius 3 is 2.47 bits per heavy atom. The van der Waals surface area contributed by atoms with Gasteiger partial charge in [-0.2, -0.15) is 0 Å². The van der Waals surface area contributed by atoms with Crippen molar-refractivity contribution in [3.05, 3.63) is 35.4 Å². The largest absolute Gasteiger partial charge is 0.357 e. The van der Waals surface area contributed by atoms with E-state index in [0.29, 0.717) is 32.0 Å². The fraction of sp³-hybridized carbons (Fsp3) is 0.636. The minimum atomic E-state index is -0.584. The molecule has 8 heteroatoms. The van der Waals surface area contributed by atoms with Crippen LogP contribution < -0.4 is 10.6 Å². The van der Waals surface area contributed by atoms with Gasteiger partial charge in [0.25, 0.3) is 0 Å². The van der Waals surface area contributed by atoms with Crippen LogP contribution in [0.4, 0.5) is 8.78 Å². The molecule has 0 spiro atoms. The number of nitrogens with one attached hydrogen (secondary N) is 2. The van der Waals surface area contributed by atoms with Gasteiger partial charge in [-0.15, -0.1) is 24.0 Å². The average molecular weight is 534 g/mol. The molecule has 0 radical (unpaired) electrons. The Labute approximate surface area is 195 Å². The number of benzene rings is 1. The average Bonchev–Trinajstić information content (AvgIpc) is 3.33. The lowest BCUT2D eigenvalue weighted by Crippen LogP contribution is -2.40. The monoisotopic (exact) mass is 534 g/mol. The Morgan fingerprint density at radius 1 is 1.17 bits per heavy atom. The van der Waals surface area contributed by atoms with Gasteiger partial charge in [-0.1, -0.05) is 18.9 Å². The molecule has 2 aliphatic rings. The van der Waals surface area contributed by atoms with Gasteiger partial charge in [0.2, 0.25) is 5.91 Å². The van der Waals surface area contributed by atoms with Gasteiger partial charge in [0.15, 0.2) is 5.96 Å². The normalized spacial score (nSPS) is 18.4. The second-order valence-corrected chi connectivity index (χ2v) is 8.04. The summed E-state index contributed by atoms with van der Waals surface area (Å²) in [5.41, 5.74) is -0.399. The zero-order valence-electron chi connectivity index (χ0n) is 17.7. The van der Waals surface area contributed by atoms with E-state index in [4.69, 9.17) is 4.99 Å². The van der Waals surface area contributed by atoms with Crippen molar-refractivity contribution in [2.75, 3.05) is 32.7 Å². The van der Waals surface area contributed by atoms with Crippen LogP contribution in [0, 0.1) is 11.6 Å². The van der Waals surface area contributed by atoms with Crippen LogP contribution in [0.25, 0.3) is 0 Å². The highest BCUT2D eigenvalue weighted by molar-refractivity contribution is 14.0. The first-order valence-corrected chi connectivity index (χ1v) is 10.8. The van der Waals surface area contributed by atoms with Gasteiger partial charge in [0.1, 0.15) is 11.6 Å². The van der Waals surface area contributed by atoms with Gasteiger partial charge in [0.05, 0.1) is 6.54 Å². The van der Waals surface area contributed by atoms with Crippen LogP contribution in [0.15, 0.2) is 23.2 Å². The van der Waals surface area contributed by atoms with Crippen LogP contribution in [-0.4, -0.2) is 49.5 Å². The summed E-state index contributed by atoms with van der Waals surface area (Å²) in [7, 11) is 0. The van der Waals surface area contributed by atoms with E-state index in [1.165, 1.54) is 18.2 Å². The summed E-state index contributed by atoms with van der Waals surface area (Å²) in [5, 5.41) is 6.51. The number of rotatable bonds is 8. The first-order chi connectivity index (χ1) is 14.1. The van der Waals surface area contributed by atoms with Crippen molar-refractivity contribution in [1.29, 1.82) is 0 Å². The maximum Gasteiger partial charge on any atom is 0.222 e. The smallest absolute Gasteiger partial charge is 0.222 e. The third kappa shape index (κ3) is 6.04. The highest BCUT2D eigenvalue weighted by Crippen LogP contribution is 2.43. The minimum absolute atomic E-state index is 0. The van der Waals surface area contributed by atoms with E-state index in [2.05, 4.69) is 10.6 Å². The summed E-state index contributed by atoms with van der Waals surface area (Å²) < 4.78 is 29.0. The molecular formula is C22H33F2IN4O. The van der Waals surface area contributed by atoms with Crippen LogP contribution in [0.1, 0.15) is 57.4 Å². The number of carbonyl (C=O) groups is 1. The lowest BCUT2D eigenvalue weighted by Gasteiger charge is -2.29. The molecule has 0 aromatic heterocycles. The number of halogens is 3. The molecule has 2 fully saturated rings. The molecule has 5 nitrogen and oxygen atoms in total. The highest BCUT2D eigenvalue weighted by atomic mass is 127. The van der Waals surface area contributed by atoms with Crippen LogP contribution in [-0.2, 0) is 10.2 Å². The zero-order valence-corrected chi connectivity index (χ0v) is 20.0. The second-order valence-electron chi connectivity index (χ2n) is 8.04. The van der Waals surface area contributed by atoms with Crippen LogP contribution >= 0.6 is 24.0 Å². The molecule has 1 heterocycles. The van der Waals surface area contributed by atoms with Crippen molar-refractivity contribution in [3.63, 3.8) is 0 Å². The number of guanidine groups is 1. The number of carbonyl (C=O) groups excluding carboxylic acids is 1. The van der Waals surface area contributed by atoms with Gasteiger partial charge < -0.3 is 15.5 Å². The molecule has 1 amide bonds. The molecule has 1 aromatic rings. The second kappa shape index (κ2) is 11.8. The maximum absolute atomic E-state index is 14.5. The molecule has 168 valence electrons. The van der Waals surface area contributed by atoms with Gasteiger partial charge in [-0.05, 0) is 44.7 Å². The number of hydrogen-bond acceptors (Lipinski definition) is 2. The maximum atomic E-state index is 14.5. The summed E-state index contributed by atoms with van der Waals surface area (Å²) in [5.74, 6) is -0.0605. The summed E-state index contributed by atoms with van der Waals surface area (Å²) in [6, 6.07) is 4.09. The number of aliphatic imine (C=N–C) groups is 1. The molecule has 0 unspecified atom stereocenters. The van der Waals surface area contributed by atoms with Crippen molar-refractivity contribution in [3.8, 4) is 0 Å². The zero-order chi connectivity index (χ0) is 20.7. The van der Waals surface area contributed by atoms with E-state index in [-0.39, 0.29) is 35.4 Å². The van der Waals surface area contributed by atoms with Crippen LogP contribution in [0.5, 0.6) is 0 Å². The van der Waals surface area contributed by atoms with E-state index in [1.807, 2.05) is 11.8 Å². The predicted molar refractivity (Wildman–Crippen MR) is 126 cm³/mol. The van der Waals surface area contributed by atoms with Crippen LogP contribution in [0.2, 0.25) is 0 Å². The lowest BCUT2D eigenvalue weighted by molar-refractivity contribution is -0.127.